The standard InChI is InChI=1S/C14H20N2OS/c1-10(7-8-17)15-11(2)9-14-16-12-5-3-4-6-13(12)18-14/h3-6,10-11,15,17H,7-9H2,1-2H3/t10-,11?/m1/s1. The fourth-order valence-electron chi connectivity index (χ4n) is 2.09. The maximum Gasteiger partial charge on any atom is 0.0954 e. The number of fused-ring (bicyclic) bond motifs is 1. The van der Waals surface area contributed by atoms with E-state index in [-0.39, 0.29) is 6.61 Å². The minimum Gasteiger partial charge on any atom is -0.396 e. The van der Waals surface area contributed by atoms with Crippen molar-refractivity contribution in [1.82, 2.24) is 10.3 Å². The molecule has 0 aliphatic rings. The Morgan fingerprint density at radius 3 is 2.78 bits per heavy atom. The molecule has 0 aliphatic carbocycles. The van der Waals surface area contributed by atoms with Crippen LogP contribution >= 0.6 is 11.3 Å². The van der Waals surface area contributed by atoms with E-state index in [9.17, 15) is 0 Å². The molecule has 1 aromatic carbocycles. The molecule has 2 atom stereocenters. The van der Waals surface area contributed by atoms with Gasteiger partial charge in [0.2, 0.25) is 0 Å². The van der Waals surface area contributed by atoms with Crippen molar-refractivity contribution in [1.29, 1.82) is 0 Å². The summed E-state index contributed by atoms with van der Waals surface area (Å²) in [6.07, 6.45) is 1.74. The van der Waals surface area contributed by atoms with Gasteiger partial charge in [-0.1, -0.05) is 12.1 Å². The second kappa shape index (κ2) is 6.27. The average Bonchev–Trinajstić information content (AvgIpc) is 2.70. The zero-order valence-electron chi connectivity index (χ0n) is 10.9. The highest BCUT2D eigenvalue weighted by Gasteiger charge is 2.10. The van der Waals surface area contributed by atoms with Gasteiger partial charge in [0, 0.05) is 25.1 Å². The molecule has 0 amide bonds. The molecule has 0 bridgehead atoms. The Balaban J connectivity index is 1.96. The maximum atomic E-state index is 8.88. The van der Waals surface area contributed by atoms with E-state index in [0.29, 0.717) is 12.1 Å². The first-order valence-electron chi connectivity index (χ1n) is 6.40. The van der Waals surface area contributed by atoms with E-state index in [0.717, 1.165) is 18.4 Å². The van der Waals surface area contributed by atoms with Gasteiger partial charge < -0.3 is 10.4 Å². The van der Waals surface area contributed by atoms with Gasteiger partial charge in [0.15, 0.2) is 0 Å². The smallest absolute Gasteiger partial charge is 0.0954 e. The molecule has 2 N–H and O–H groups in total. The Labute approximate surface area is 112 Å². The van der Waals surface area contributed by atoms with Gasteiger partial charge in [-0.05, 0) is 32.4 Å². The number of para-hydroxylation sites is 1. The summed E-state index contributed by atoms with van der Waals surface area (Å²) in [7, 11) is 0. The normalized spacial score (nSPS) is 14.8. The molecule has 0 spiro atoms. The Morgan fingerprint density at radius 1 is 1.28 bits per heavy atom. The van der Waals surface area contributed by atoms with Crippen molar-refractivity contribution in [3.8, 4) is 0 Å². The molecular weight excluding hydrogens is 244 g/mol. The molecule has 2 rings (SSSR count). The van der Waals surface area contributed by atoms with Gasteiger partial charge >= 0.3 is 0 Å². The SMILES string of the molecule is CC(Cc1nc2ccccc2s1)N[C@H](C)CCO. The van der Waals surface area contributed by atoms with E-state index in [4.69, 9.17) is 5.11 Å². The average molecular weight is 264 g/mol. The zero-order valence-corrected chi connectivity index (χ0v) is 11.7. The predicted molar refractivity (Wildman–Crippen MR) is 77.1 cm³/mol. The molecule has 0 radical (unpaired) electrons. The van der Waals surface area contributed by atoms with E-state index >= 15 is 0 Å². The summed E-state index contributed by atoms with van der Waals surface area (Å²) in [4.78, 5) is 4.64. The van der Waals surface area contributed by atoms with E-state index in [1.807, 2.05) is 6.07 Å². The first-order chi connectivity index (χ1) is 8.69. The van der Waals surface area contributed by atoms with E-state index in [1.54, 1.807) is 11.3 Å². The van der Waals surface area contributed by atoms with Crippen molar-refractivity contribution in [2.75, 3.05) is 6.61 Å². The molecule has 3 nitrogen and oxygen atoms in total. The number of thiazole rings is 1. The van der Waals surface area contributed by atoms with Crippen LogP contribution in [0.5, 0.6) is 0 Å². The minimum atomic E-state index is 0.238. The Hall–Kier alpha value is -0.970. The lowest BCUT2D eigenvalue weighted by atomic mass is 10.2. The fourth-order valence-corrected chi connectivity index (χ4v) is 3.19. The van der Waals surface area contributed by atoms with Crippen molar-refractivity contribution in [3.05, 3.63) is 29.3 Å². The second-order valence-electron chi connectivity index (χ2n) is 4.76. The second-order valence-corrected chi connectivity index (χ2v) is 5.88. The highest BCUT2D eigenvalue weighted by atomic mass is 32.1. The minimum absolute atomic E-state index is 0.238. The summed E-state index contributed by atoms with van der Waals surface area (Å²) in [5.41, 5.74) is 1.09. The Kier molecular flexibility index (Phi) is 4.69. The topological polar surface area (TPSA) is 45.2 Å². The number of hydrogen-bond acceptors (Lipinski definition) is 4. The third-order valence-corrected chi connectivity index (χ3v) is 4.01. The number of benzene rings is 1. The first kappa shape index (κ1) is 13.5. The molecular formula is C14H20N2OS. The highest BCUT2D eigenvalue weighted by molar-refractivity contribution is 7.18. The lowest BCUT2D eigenvalue weighted by molar-refractivity contribution is 0.264. The molecule has 2 aromatic rings. The zero-order chi connectivity index (χ0) is 13.0. The van der Waals surface area contributed by atoms with Crippen LogP contribution in [0.2, 0.25) is 0 Å². The Bertz CT molecular complexity index is 464. The number of hydrogen-bond donors (Lipinski definition) is 2. The van der Waals surface area contributed by atoms with Crippen molar-refractivity contribution in [3.63, 3.8) is 0 Å². The molecule has 4 heteroatoms. The van der Waals surface area contributed by atoms with Gasteiger partial charge in [-0.15, -0.1) is 11.3 Å². The van der Waals surface area contributed by atoms with Crippen LogP contribution in [0, 0.1) is 0 Å². The fraction of sp³-hybridized carbons (Fsp3) is 0.500. The van der Waals surface area contributed by atoms with Crippen molar-refractivity contribution in [2.24, 2.45) is 0 Å². The van der Waals surface area contributed by atoms with Gasteiger partial charge in [0.25, 0.3) is 0 Å². The Morgan fingerprint density at radius 2 is 2.06 bits per heavy atom. The van der Waals surface area contributed by atoms with Gasteiger partial charge in [0.1, 0.15) is 0 Å². The van der Waals surface area contributed by atoms with Gasteiger partial charge in [-0.2, -0.15) is 0 Å². The number of aliphatic hydroxyl groups is 1. The molecule has 0 saturated carbocycles. The number of aliphatic hydroxyl groups excluding tert-OH is 1. The molecule has 0 fully saturated rings. The number of nitrogens with one attached hydrogen (secondary N) is 1. The maximum absolute atomic E-state index is 8.88. The van der Waals surface area contributed by atoms with E-state index < -0.39 is 0 Å². The van der Waals surface area contributed by atoms with Gasteiger partial charge in [-0.3, -0.25) is 0 Å². The van der Waals surface area contributed by atoms with Gasteiger partial charge in [0.05, 0.1) is 15.2 Å². The van der Waals surface area contributed by atoms with Crippen LogP contribution < -0.4 is 5.32 Å². The largest absolute Gasteiger partial charge is 0.396 e. The lowest BCUT2D eigenvalue weighted by Crippen LogP contribution is -2.36. The highest BCUT2D eigenvalue weighted by Crippen LogP contribution is 2.22. The molecule has 1 unspecified atom stereocenters. The monoisotopic (exact) mass is 264 g/mol. The molecule has 1 heterocycles. The number of aromatic nitrogens is 1. The number of nitrogens with zero attached hydrogens (tertiary/aromatic N) is 1. The summed E-state index contributed by atoms with van der Waals surface area (Å²) in [6, 6.07) is 8.98. The third kappa shape index (κ3) is 3.51. The summed E-state index contributed by atoms with van der Waals surface area (Å²) in [6.45, 7) is 4.51. The van der Waals surface area contributed by atoms with Crippen LogP contribution in [-0.4, -0.2) is 28.8 Å². The van der Waals surface area contributed by atoms with Crippen LogP contribution in [0.3, 0.4) is 0 Å². The molecule has 98 valence electrons. The molecule has 18 heavy (non-hydrogen) atoms. The summed E-state index contributed by atoms with van der Waals surface area (Å²) in [5, 5.41) is 13.5. The molecule has 0 aliphatic heterocycles. The van der Waals surface area contributed by atoms with Crippen LogP contribution in [-0.2, 0) is 6.42 Å². The van der Waals surface area contributed by atoms with Crippen molar-refractivity contribution in [2.45, 2.75) is 38.8 Å². The van der Waals surface area contributed by atoms with Crippen LogP contribution in [0.4, 0.5) is 0 Å². The molecule has 0 saturated heterocycles. The third-order valence-electron chi connectivity index (χ3n) is 2.95. The van der Waals surface area contributed by atoms with Crippen LogP contribution in [0.1, 0.15) is 25.3 Å². The lowest BCUT2D eigenvalue weighted by Gasteiger charge is -2.18. The summed E-state index contributed by atoms with van der Waals surface area (Å²) >= 11 is 1.77. The number of rotatable bonds is 6. The predicted octanol–water partition coefficient (Wildman–Crippen LogP) is 2.59. The van der Waals surface area contributed by atoms with E-state index in [1.165, 1.54) is 9.71 Å². The van der Waals surface area contributed by atoms with Crippen molar-refractivity contribution >= 4 is 21.6 Å². The summed E-state index contributed by atoms with van der Waals surface area (Å²) in [5.74, 6) is 0. The quantitative estimate of drug-likeness (QED) is 0.843. The van der Waals surface area contributed by atoms with Crippen molar-refractivity contribution < 1.29 is 5.11 Å². The molecule has 1 aromatic heterocycles. The summed E-state index contributed by atoms with van der Waals surface area (Å²) < 4.78 is 1.25. The van der Waals surface area contributed by atoms with Crippen LogP contribution in [0.25, 0.3) is 10.2 Å². The first-order valence-corrected chi connectivity index (χ1v) is 7.22. The van der Waals surface area contributed by atoms with Gasteiger partial charge in [-0.25, -0.2) is 4.98 Å². The van der Waals surface area contributed by atoms with E-state index in [2.05, 4.69) is 42.3 Å². The van der Waals surface area contributed by atoms with Crippen LogP contribution in [0.15, 0.2) is 24.3 Å².